The number of phenolic OH excluding ortho intramolecular Hbond substituents is 1. The second-order valence-corrected chi connectivity index (χ2v) is 8.84. The molecule has 0 radical (unpaired) electrons. The number of carboxylic acid groups (broad SMARTS) is 1. The van der Waals surface area contributed by atoms with Crippen molar-refractivity contribution < 1.29 is 38.1 Å². The number of halogens is 2. The molecule has 2 N–H and O–H groups in total. The highest BCUT2D eigenvalue weighted by Crippen LogP contribution is 2.45. The van der Waals surface area contributed by atoms with E-state index in [0.717, 1.165) is 6.42 Å². The van der Waals surface area contributed by atoms with Crippen molar-refractivity contribution in [3.05, 3.63) is 65.7 Å². The van der Waals surface area contributed by atoms with E-state index in [-0.39, 0.29) is 35.9 Å². The predicted octanol–water partition coefficient (Wildman–Crippen LogP) is 6.33. The van der Waals surface area contributed by atoms with Gasteiger partial charge in [0.05, 0.1) is 11.0 Å². The lowest BCUT2D eigenvalue weighted by molar-refractivity contribution is -0.155. The molecule has 3 aromatic carbocycles. The smallest absolute Gasteiger partial charge is 0.387 e. The van der Waals surface area contributed by atoms with E-state index in [1.54, 1.807) is 36.4 Å². The average molecular weight is 484 g/mol. The van der Waals surface area contributed by atoms with Crippen molar-refractivity contribution >= 4 is 22.5 Å². The third-order valence-electron chi connectivity index (χ3n) is 6.63. The minimum atomic E-state index is -2.91. The number of ether oxygens (including phenoxy) is 2. The maximum absolute atomic E-state index is 13.2. The number of benzene rings is 3. The minimum absolute atomic E-state index is 0.0281. The monoisotopic (exact) mass is 484 g/mol. The summed E-state index contributed by atoms with van der Waals surface area (Å²) in [6.07, 6.45) is 3.11. The van der Waals surface area contributed by atoms with E-state index in [0.29, 0.717) is 47.8 Å². The molecule has 0 amide bonds. The van der Waals surface area contributed by atoms with Gasteiger partial charge in [0.25, 0.3) is 0 Å². The quantitative estimate of drug-likeness (QED) is 0.309. The van der Waals surface area contributed by atoms with Gasteiger partial charge in [0.1, 0.15) is 23.9 Å². The third-order valence-corrected chi connectivity index (χ3v) is 6.63. The lowest BCUT2D eigenvalue weighted by Gasteiger charge is -2.37. The zero-order valence-electron chi connectivity index (χ0n) is 19.0. The van der Waals surface area contributed by atoms with Crippen molar-refractivity contribution in [2.24, 2.45) is 5.41 Å². The number of alkyl halides is 2. The number of carbonyl (C=O) groups is 2. The molecule has 0 saturated heterocycles. The van der Waals surface area contributed by atoms with Crippen LogP contribution in [0.5, 0.6) is 17.2 Å². The summed E-state index contributed by atoms with van der Waals surface area (Å²) in [5, 5.41) is 21.1. The number of hydrogen-bond acceptors (Lipinski definition) is 5. The Morgan fingerprint density at radius 1 is 1.03 bits per heavy atom. The minimum Gasteiger partial charge on any atom is -0.507 e. The summed E-state index contributed by atoms with van der Waals surface area (Å²) in [6, 6.07) is 14.4. The van der Waals surface area contributed by atoms with Crippen LogP contribution in [0.25, 0.3) is 10.8 Å². The van der Waals surface area contributed by atoms with E-state index < -0.39 is 18.0 Å². The van der Waals surface area contributed by atoms with Gasteiger partial charge < -0.3 is 19.7 Å². The Morgan fingerprint density at radius 3 is 2.31 bits per heavy atom. The Balaban J connectivity index is 1.54. The Hall–Kier alpha value is -3.68. The second kappa shape index (κ2) is 10.3. The summed E-state index contributed by atoms with van der Waals surface area (Å²) < 4.78 is 35.2. The molecule has 1 aliphatic rings. The number of phenols is 1. The summed E-state index contributed by atoms with van der Waals surface area (Å²) in [6.45, 7) is -2.85. The first-order chi connectivity index (χ1) is 16.8. The highest BCUT2D eigenvalue weighted by Gasteiger charge is 2.43. The van der Waals surface area contributed by atoms with Crippen LogP contribution in [0.4, 0.5) is 8.78 Å². The SMILES string of the molecule is O=C(CCCC1(C(=O)O)CCC1)c1cc(O)c2ccccc2c1OCc1ccc(OC(F)F)cc1. The Labute approximate surface area is 201 Å². The predicted molar refractivity (Wildman–Crippen MR) is 125 cm³/mol. The van der Waals surface area contributed by atoms with Gasteiger partial charge in [-0.15, -0.1) is 0 Å². The van der Waals surface area contributed by atoms with Crippen molar-refractivity contribution in [3.8, 4) is 17.2 Å². The van der Waals surface area contributed by atoms with Crippen LogP contribution in [0.3, 0.4) is 0 Å². The fraction of sp³-hybridized carbons (Fsp3) is 0.333. The van der Waals surface area contributed by atoms with Gasteiger partial charge in [-0.05, 0) is 49.4 Å². The van der Waals surface area contributed by atoms with E-state index in [2.05, 4.69) is 4.74 Å². The molecule has 1 saturated carbocycles. The molecule has 8 heteroatoms. The van der Waals surface area contributed by atoms with E-state index in [9.17, 15) is 28.6 Å². The van der Waals surface area contributed by atoms with Crippen molar-refractivity contribution in [2.75, 3.05) is 0 Å². The summed E-state index contributed by atoms with van der Waals surface area (Å²) in [7, 11) is 0. The molecular weight excluding hydrogens is 458 g/mol. The van der Waals surface area contributed by atoms with Gasteiger partial charge in [0.2, 0.25) is 0 Å². The first-order valence-corrected chi connectivity index (χ1v) is 11.5. The Morgan fingerprint density at radius 2 is 1.71 bits per heavy atom. The molecule has 0 aliphatic heterocycles. The van der Waals surface area contributed by atoms with Gasteiger partial charge in [0.15, 0.2) is 5.78 Å². The summed E-state index contributed by atoms with van der Waals surface area (Å²) in [4.78, 5) is 24.8. The molecule has 3 aromatic rings. The highest BCUT2D eigenvalue weighted by atomic mass is 19.3. The van der Waals surface area contributed by atoms with Gasteiger partial charge >= 0.3 is 12.6 Å². The van der Waals surface area contributed by atoms with Crippen molar-refractivity contribution in [2.45, 2.75) is 51.7 Å². The zero-order valence-corrected chi connectivity index (χ0v) is 19.0. The maximum Gasteiger partial charge on any atom is 0.387 e. The van der Waals surface area contributed by atoms with Crippen LogP contribution in [0.1, 0.15) is 54.4 Å². The second-order valence-electron chi connectivity index (χ2n) is 8.84. The molecule has 0 atom stereocenters. The number of fused-ring (bicyclic) bond motifs is 1. The largest absolute Gasteiger partial charge is 0.507 e. The fourth-order valence-electron chi connectivity index (χ4n) is 4.51. The van der Waals surface area contributed by atoms with Gasteiger partial charge in [-0.3, -0.25) is 9.59 Å². The van der Waals surface area contributed by atoms with Gasteiger partial charge in [-0.25, -0.2) is 0 Å². The van der Waals surface area contributed by atoms with Gasteiger partial charge in [-0.1, -0.05) is 42.8 Å². The van der Waals surface area contributed by atoms with Crippen LogP contribution in [0.15, 0.2) is 54.6 Å². The molecular formula is C27H26F2O6. The fourth-order valence-corrected chi connectivity index (χ4v) is 4.51. The number of Topliss-reactive ketones (excluding diaryl/α,β-unsaturated/α-hetero) is 1. The number of aliphatic carboxylic acids is 1. The van der Waals surface area contributed by atoms with Crippen molar-refractivity contribution in [3.63, 3.8) is 0 Å². The molecule has 35 heavy (non-hydrogen) atoms. The lowest BCUT2D eigenvalue weighted by Crippen LogP contribution is -2.37. The van der Waals surface area contributed by atoms with Crippen LogP contribution in [-0.2, 0) is 11.4 Å². The van der Waals surface area contributed by atoms with Crippen LogP contribution in [0.2, 0.25) is 0 Å². The Kier molecular flexibility index (Phi) is 7.19. The van der Waals surface area contributed by atoms with Gasteiger partial charge in [-0.2, -0.15) is 8.78 Å². The van der Waals surface area contributed by atoms with Crippen LogP contribution in [-0.4, -0.2) is 28.6 Å². The summed E-state index contributed by atoms with van der Waals surface area (Å²) in [5.41, 5.74) is 0.165. The van der Waals surface area contributed by atoms with E-state index >= 15 is 0 Å². The molecule has 184 valence electrons. The molecule has 0 aromatic heterocycles. The number of hydrogen-bond donors (Lipinski definition) is 2. The van der Waals surface area contributed by atoms with E-state index in [1.807, 2.05) is 0 Å². The maximum atomic E-state index is 13.2. The van der Waals surface area contributed by atoms with Gasteiger partial charge in [0, 0.05) is 17.2 Å². The standard InChI is InChI=1S/C27H26F2O6/c28-26(29)35-18-10-8-17(9-11-18)16-34-24-20-6-2-1-5-19(20)23(31)15-21(24)22(30)7-3-12-27(25(32)33)13-4-14-27/h1-2,5-6,8-11,15,26,31H,3-4,7,12-14,16H2,(H,32,33). The summed E-state index contributed by atoms with van der Waals surface area (Å²) >= 11 is 0. The third kappa shape index (κ3) is 5.37. The summed E-state index contributed by atoms with van der Waals surface area (Å²) in [5.74, 6) is -0.769. The number of carbonyl (C=O) groups excluding carboxylic acids is 1. The average Bonchev–Trinajstić information content (AvgIpc) is 2.80. The molecule has 1 fully saturated rings. The number of rotatable bonds is 11. The van der Waals surface area contributed by atoms with Crippen molar-refractivity contribution in [1.29, 1.82) is 0 Å². The molecule has 0 heterocycles. The number of carboxylic acids is 1. The topological polar surface area (TPSA) is 93.1 Å². The normalized spacial score (nSPS) is 14.5. The highest BCUT2D eigenvalue weighted by molar-refractivity contribution is 6.06. The molecule has 0 spiro atoms. The molecule has 0 bridgehead atoms. The Bertz CT molecular complexity index is 1220. The van der Waals surface area contributed by atoms with E-state index in [4.69, 9.17) is 4.74 Å². The number of ketones is 1. The van der Waals surface area contributed by atoms with Crippen LogP contribution >= 0.6 is 0 Å². The molecule has 1 aliphatic carbocycles. The van der Waals surface area contributed by atoms with E-state index in [1.165, 1.54) is 18.2 Å². The molecule has 6 nitrogen and oxygen atoms in total. The first-order valence-electron chi connectivity index (χ1n) is 11.5. The zero-order chi connectivity index (χ0) is 25.0. The van der Waals surface area contributed by atoms with Crippen LogP contribution < -0.4 is 9.47 Å². The molecule has 4 rings (SSSR count). The number of aromatic hydroxyl groups is 1. The first kappa shape index (κ1) is 24.4. The van der Waals surface area contributed by atoms with Crippen LogP contribution in [0, 0.1) is 5.41 Å². The lowest BCUT2D eigenvalue weighted by atomic mass is 9.66. The molecule has 0 unspecified atom stereocenters. The van der Waals surface area contributed by atoms with Crippen molar-refractivity contribution in [1.82, 2.24) is 0 Å².